The van der Waals surface area contributed by atoms with E-state index in [2.05, 4.69) is 0 Å². The Bertz CT molecular complexity index is 705. The van der Waals surface area contributed by atoms with Crippen LogP contribution >= 0.6 is 0 Å². The highest BCUT2D eigenvalue weighted by atomic mass is 19.1. The van der Waals surface area contributed by atoms with E-state index in [1.54, 1.807) is 30.3 Å². The first kappa shape index (κ1) is 15.5. The first-order chi connectivity index (χ1) is 10.6. The molecule has 0 N–H and O–H groups in total. The van der Waals surface area contributed by atoms with E-state index in [0.717, 1.165) is 5.56 Å². The van der Waals surface area contributed by atoms with Crippen LogP contribution in [-0.2, 0) is 9.53 Å². The second-order valence-corrected chi connectivity index (χ2v) is 4.52. The minimum Gasteiger partial charge on any atom is -0.487 e. The molecule has 0 amide bonds. The second-order valence-electron chi connectivity index (χ2n) is 4.52. The van der Waals surface area contributed by atoms with Crippen molar-refractivity contribution in [3.05, 3.63) is 53.8 Å². The molecular weight excluding hydrogens is 285 g/mol. The molecule has 0 bridgehead atoms. The van der Waals surface area contributed by atoms with Gasteiger partial charge in [-0.3, -0.25) is 4.79 Å². The fraction of sp³-hybridized carbons (Fsp3) is 0.176. The van der Waals surface area contributed by atoms with Gasteiger partial charge >= 0.3 is 5.97 Å². The van der Waals surface area contributed by atoms with Crippen LogP contribution in [0.2, 0.25) is 0 Å². The third kappa shape index (κ3) is 4.06. The summed E-state index contributed by atoms with van der Waals surface area (Å²) in [5.41, 5.74) is 2.05. The van der Waals surface area contributed by atoms with E-state index >= 15 is 0 Å². The van der Waals surface area contributed by atoms with Gasteiger partial charge in [0.25, 0.3) is 0 Å². The maximum absolute atomic E-state index is 14.0. The van der Waals surface area contributed by atoms with Crippen molar-refractivity contribution in [2.45, 2.75) is 6.92 Å². The molecule has 0 atom stereocenters. The molecule has 0 aliphatic heterocycles. The Labute approximate surface area is 127 Å². The predicted molar refractivity (Wildman–Crippen MR) is 78.7 cm³/mol. The Balaban J connectivity index is 2.05. The van der Waals surface area contributed by atoms with Crippen LogP contribution in [0.4, 0.5) is 4.39 Å². The summed E-state index contributed by atoms with van der Waals surface area (Å²) in [4.78, 5) is 10.6. The minimum atomic E-state index is -0.496. The van der Waals surface area contributed by atoms with Crippen molar-refractivity contribution in [3.8, 4) is 22.9 Å². The van der Waals surface area contributed by atoms with E-state index < -0.39 is 11.8 Å². The topological polar surface area (TPSA) is 59.3 Å². The highest BCUT2D eigenvalue weighted by Crippen LogP contribution is 2.25. The van der Waals surface area contributed by atoms with Gasteiger partial charge in [-0.05, 0) is 35.4 Å². The van der Waals surface area contributed by atoms with Crippen molar-refractivity contribution in [2.24, 2.45) is 0 Å². The summed E-state index contributed by atoms with van der Waals surface area (Å²) in [6.07, 6.45) is 0. The molecule has 22 heavy (non-hydrogen) atoms. The first-order valence-electron chi connectivity index (χ1n) is 6.66. The van der Waals surface area contributed by atoms with Crippen molar-refractivity contribution in [3.63, 3.8) is 0 Å². The van der Waals surface area contributed by atoms with Crippen LogP contribution in [0.15, 0.2) is 42.5 Å². The van der Waals surface area contributed by atoms with Crippen LogP contribution in [0.25, 0.3) is 11.1 Å². The van der Waals surface area contributed by atoms with E-state index in [1.165, 1.54) is 19.1 Å². The molecule has 0 fully saturated rings. The second kappa shape index (κ2) is 7.23. The van der Waals surface area contributed by atoms with Crippen LogP contribution in [0, 0.1) is 17.1 Å². The lowest BCUT2D eigenvalue weighted by Crippen LogP contribution is -2.10. The minimum absolute atomic E-state index is 0.0755. The van der Waals surface area contributed by atoms with Gasteiger partial charge in [-0.15, -0.1) is 0 Å². The van der Waals surface area contributed by atoms with Gasteiger partial charge in [0.1, 0.15) is 13.2 Å². The molecule has 0 saturated heterocycles. The third-order valence-electron chi connectivity index (χ3n) is 2.93. The molecule has 0 heterocycles. The number of nitrogens with zero attached hydrogens (tertiary/aromatic N) is 1. The number of carbonyl (C=O) groups excluding carboxylic acids is 1. The van der Waals surface area contributed by atoms with Gasteiger partial charge in [-0.25, -0.2) is 4.39 Å². The fourth-order valence-electron chi connectivity index (χ4n) is 1.87. The zero-order valence-electron chi connectivity index (χ0n) is 12.0. The molecule has 2 aromatic rings. The first-order valence-corrected chi connectivity index (χ1v) is 6.66. The van der Waals surface area contributed by atoms with Crippen LogP contribution in [0.5, 0.6) is 5.75 Å². The van der Waals surface area contributed by atoms with Gasteiger partial charge in [0.15, 0.2) is 11.6 Å². The monoisotopic (exact) mass is 299 g/mol. The van der Waals surface area contributed by atoms with E-state index in [4.69, 9.17) is 14.7 Å². The van der Waals surface area contributed by atoms with Gasteiger partial charge < -0.3 is 9.47 Å². The standard InChI is InChI=1S/C17H14FNO3/c1-12(20)21-8-9-22-17-7-6-15(10-16(17)18)14-4-2-13(11-19)3-5-14/h2-7,10H,8-9H2,1H3. The summed E-state index contributed by atoms with van der Waals surface area (Å²) in [5.74, 6) is -0.797. The normalized spacial score (nSPS) is 9.86. The van der Waals surface area contributed by atoms with E-state index in [-0.39, 0.29) is 19.0 Å². The molecular formula is C17H14FNO3. The Kier molecular flexibility index (Phi) is 5.10. The average molecular weight is 299 g/mol. The number of ether oxygens (including phenoxy) is 2. The lowest BCUT2D eigenvalue weighted by atomic mass is 10.0. The van der Waals surface area contributed by atoms with Crippen molar-refractivity contribution in [1.82, 2.24) is 0 Å². The summed E-state index contributed by atoms with van der Waals surface area (Å²) in [7, 11) is 0. The SMILES string of the molecule is CC(=O)OCCOc1ccc(-c2ccc(C#N)cc2)cc1F. The van der Waals surface area contributed by atoms with Gasteiger partial charge in [-0.2, -0.15) is 5.26 Å². The summed E-state index contributed by atoms with van der Waals surface area (Å²) in [6, 6.07) is 13.5. The molecule has 0 aliphatic carbocycles. The fourth-order valence-corrected chi connectivity index (χ4v) is 1.87. The molecule has 4 nitrogen and oxygen atoms in total. The molecule has 2 aromatic carbocycles. The molecule has 0 aliphatic rings. The van der Waals surface area contributed by atoms with Crippen molar-refractivity contribution in [1.29, 1.82) is 5.26 Å². The Hall–Kier alpha value is -2.87. The summed E-state index contributed by atoms with van der Waals surface area (Å²) < 4.78 is 23.9. The van der Waals surface area contributed by atoms with Crippen LogP contribution in [0.3, 0.4) is 0 Å². The average Bonchev–Trinajstić information content (AvgIpc) is 2.52. The number of halogens is 1. The number of rotatable bonds is 5. The molecule has 5 heteroatoms. The van der Waals surface area contributed by atoms with E-state index in [9.17, 15) is 9.18 Å². The number of esters is 1. The number of nitriles is 1. The number of benzene rings is 2. The number of carbonyl (C=O) groups is 1. The summed E-state index contributed by atoms with van der Waals surface area (Å²) in [6.45, 7) is 1.46. The Morgan fingerprint density at radius 2 is 1.82 bits per heavy atom. The van der Waals surface area contributed by atoms with Gasteiger partial charge in [0.05, 0.1) is 11.6 Å². The van der Waals surface area contributed by atoms with Crippen LogP contribution in [0.1, 0.15) is 12.5 Å². The van der Waals surface area contributed by atoms with E-state index in [0.29, 0.717) is 11.1 Å². The molecule has 112 valence electrons. The van der Waals surface area contributed by atoms with Gasteiger partial charge in [0, 0.05) is 6.92 Å². The summed E-state index contributed by atoms with van der Waals surface area (Å²) in [5, 5.41) is 8.76. The predicted octanol–water partition coefficient (Wildman–Crippen LogP) is 3.31. The van der Waals surface area contributed by atoms with Crippen molar-refractivity contribution >= 4 is 5.97 Å². The molecule has 2 rings (SSSR count). The Morgan fingerprint density at radius 1 is 1.14 bits per heavy atom. The zero-order chi connectivity index (χ0) is 15.9. The lowest BCUT2D eigenvalue weighted by molar-refractivity contribution is -0.141. The maximum atomic E-state index is 14.0. The quantitative estimate of drug-likeness (QED) is 0.628. The van der Waals surface area contributed by atoms with Gasteiger partial charge in [0.2, 0.25) is 0 Å². The lowest BCUT2D eigenvalue weighted by Gasteiger charge is -2.09. The summed E-state index contributed by atoms with van der Waals surface area (Å²) >= 11 is 0. The zero-order valence-corrected chi connectivity index (χ0v) is 12.0. The largest absolute Gasteiger partial charge is 0.487 e. The Morgan fingerprint density at radius 3 is 2.41 bits per heavy atom. The highest BCUT2D eigenvalue weighted by molar-refractivity contribution is 5.66. The molecule has 0 aromatic heterocycles. The van der Waals surface area contributed by atoms with Crippen molar-refractivity contribution in [2.75, 3.05) is 13.2 Å². The van der Waals surface area contributed by atoms with E-state index in [1.807, 2.05) is 6.07 Å². The molecule has 0 spiro atoms. The van der Waals surface area contributed by atoms with Crippen LogP contribution < -0.4 is 4.74 Å². The smallest absolute Gasteiger partial charge is 0.302 e. The van der Waals surface area contributed by atoms with Crippen LogP contribution in [-0.4, -0.2) is 19.2 Å². The number of hydrogen-bond donors (Lipinski definition) is 0. The van der Waals surface area contributed by atoms with Crippen molar-refractivity contribution < 1.29 is 18.7 Å². The molecule has 0 radical (unpaired) electrons. The molecule has 0 unspecified atom stereocenters. The highest BCUT2D eigenvalue weighted by Gasteiger charge is 2.07. The van der Waals surface area contributed by atoms with Gasteiger partial charge in [-0.1, -0.05) is 18.2 Å². The molecule has 0 saturated carbocycles. The number of hydrogen-bond acceptors (Lipinski definition) is 4. The third-order valence-corrected chi connectivity index (χ3v) is 2.93. The maximum Gasteiger partial charge on any atom is 0.302 e.